The number of hydrogen-bond donors (Lipinski definition) is 1. The molecule has 0 fully saturated rings. The first-order valence-electron chi connectivity index (χ1n) is 5.29. The Bertz CT molecular complexity index is 540. The number of fused-ring (bicyclic) bond motifs is 1. The smallest absolute Gasteiger partial charge is 0.231 e. The minimum absolute atomic E-state index is 0.274. The molecule has 2 aromatic rings. The lowest BCUT2D eigenvalue weighted by atomic mass is 10.1. The predicted octanol–water partition coefficient (Wildman–Crippen LogP) is 1.33. The highest BCUT2D eigenvalue weighted by atomic mass is 16.7. The number of nitrogens with two attached hydrogens (primary N) is 1. The van der Waals surface area contributed by atoms with E-state index < -0.39 is 0 Å². The van der Waals surface area contributed by atoms with Crippen molar-refractivity contribution in [2.45, 2.75) is 6.54 Å². The van der Waals surface area contributed by atoms with Crippen molar-refractivity contribution in [2.24, 2.45) is 5.73 Å². The Morgan fingerprint density at radius 1 is 1.06 bits per heavy atom. The number of ether oxygens (including phenoxy) is 2. The van der Waals surface area contributed by atoms with Crippen molar-refractivity contribution in [1.29, 1.82) is 0 Å². The summed E-state index contributed by atoms with van der Waals surface area (Å²) < 4.78 is 10.6. The van der Waals surface area contributed by atoms with Crippen molar-refractivity contribution in [3.05, 3.63) is 36.0 Å². The molecule has 0 saturated carbocycles. The summed E-state index contributed by atoms with van der Waals surface area (Å²) in [7, 11) is 0. The Morgan fingerprint density at radius 3 is 2.71 bits per heavy atom. The van der Waals surface area contributed by atoms with Crippen LogP contribution in [-0.4, -0.2) is 17.0 Å². The van der Waals surface area contributed by atoms with Crippen LogP contribution in [0, 0.1) is 0 Å². The maximum Gasteiger partial charge on any atom is 0.231 e. The SMILES string of the molecule is NCc1ccc(-c2ccc3c(c2)OCO3)nn1. The summed E-state index contributed by atoms with van der Waals surface area (Å²) in [5, 5.41) is 8.14. The number of aromatic nitrogens is 2. The molecule has 5 heteroatoms. The van der Waals surface area contributed by atoms with Gasteiger partial charge in [0.15, 0.2) is 11.5 Å². The molecule has 1 aliphatic rings. The highest BCUT2D eigenvalue weighted by Gasteiger charge is 2.14. The molecular weight excluding hydrogens is 218 g/mol. The van der Waals surface area contributed by atoms with Crippen molar-refractivity contribution in [2.75, 3.05) is 6.79 Å². The van der Waals surface area contributed by atoms with Gasteiger partial charge in [0.05, 0.1) is 11.4 Å². The average Bonchev–Trinajstić information content (AvgIpc) is 2.86. The summed E-state index contributed by atoms with van der Waals surface area (Å²) in [6, 6.07) is 9.46. The summed E-state index contributed by atoms with van der Waals surface area (Å²) in [4.78, 5) is 0. The third-order valence-electron chi connectivity index (χ3n) is 2.60. The zero-order valence-corrected chi connectivity index (χ0v) is 9.09. The number of benzene rings is 1. The molecule has 0 amide bonds. The summed E-state index contributed by atoms with van der Waals surface area (Å²) >= 11 is 0. The molecule has 1 aromatic carbocycles. The monoisotopic (exact) mass is 229 g/mol. The van der Waals surface area contributed by atoms with E-state index in [2.05, 4.69) is 10.2 Å². The van der Waals surface area contributed by atoms with Crippen molar-refractivity contribution < 1.29 is 9.47 Å². The molecule has 2 N–H and O–H groups in total. The van der Waals surface area contributed by atoms with E-state index in [-0.39, 0.29) is 6.79 Å². The lowest BCUT2D eigenvalue weighted by molar-refractivity contribution is 0.174. The van der Waals surface area contributed by atoms with Crippen LogP contribution in [0.1, 0.15) is 5.69 Å². The zero-order valence-electron chi connectivity index (χ0n) is 9.09. The predicted molar refractivity (Wildman–Crippen MR) is 61.5 cm³/mol. The fourth-order valence-corrected chi connectivity index (χ4v) is 1.68. The quantitative estimate of drug-likeness (QED) is 0.841. The molecule has 17 heavy (non-hydrogen) atoms. The van der Waals surface area contributed by atoms with Gasteiger partial charge < -0.3 is 15.2 Å². The Balaban J connectivity index is 1.97. The molecule has 86 valence electrons. The van der Waals surface area contributed by atoms with Crippen molar-refractivity contribution in [1.82, 2.24) is 10.2 Å². The molecule has 0 unspecified atom stereocenters. The van der Waals surface area contributed by atoms with E-state index in [1.165, 1.54) is 0 Å². The second-order valence-corrected chi connectivity index (χ2v) is 3.68. The van der Waals surface area contributed by atoms with E-state index in [1.54, 1.807) is 0 Å². The van der Waals surface area contributed by atoms with Crippen LogP contribution >= 0.6 is 0 Å². The summed E-state index contributed by atoms with van der Waals surface area (Å²) in [5.41, 5.74) is 7.99. The Labute approximate surface area is 98.2 Å². The highest BCUT2D eigenvalue weighted by molar-refractivity contribution is 5.63. The molecule has 0 atom stereocenters. The average molecular weight is 229 g/mol. The molecule has 1 aliphatic heterocycles. The second kappa shape index (κ2) is 4.03. The number of nitrogens with zero attached hydrogens (tertiary/aromatic N) is 2. The standard InChI is InChI=1S/C12H11N3O2/c13-6-9-2-3-10(15-14-9)8-1-4-11-12(5-8)17-7-16-11/h1-5H,6-7,13H2. The van der Waals surface area contributed by atoms with Crippen LogP contribution in [-0.2, 0) is 6.54 Å². The summed E-state index contributed by atoms with van der Waals surface area (Å²) in [6.45, 7) is 0.672. The maximum atomic E-state index is 5.47. The van der Waals surface area contributed by atoms with E-state index >= 15 is 0 Å². The van der Waals surface area contributed by atoms with Crippen LogP contribution in [0.2, 0.25) is 0 Å². The normalized spacial score (nSPS) is 12.8. The van der Waals surface area contributed by atoms with E-state index in [9.17, 15) is 0 Å². The molecule has 0 spiro atoms. The van der Waals surface area contributed by atoms with Gasteiger partial charge in [0.25, 0.3) is 0 Å². The van der Waals surface area contributed by atoms with Gasteiger partial charge >= 0.3 is 0 Å². The Kier molecular flexibility index (Phi) is 2.38. The van der Waals surface area contributed by atoms with E-state index in [1.807, 2.05) is 30.3 Å². The minimum atomic E-state index is 0.274. The summed E-state index contributed by atoms with van der Waals surface area (Å²) in [5.74, 6) is 1.51. The fourth-order valence-electron chi connectivity index (χ4n) is 1.68. The molecule has 0 aliphatic carbocycles. The lowest BCUT2D eigenvalue weighted by Gasteiger charge is -2.02. The molecule has 1 aromatic heterocycles. The van der Waals surface area contributed by atoms with Crippen LogP contribution in [0.5, 0.6) is 11.5 Å². The van der Waals surface area contributed by atoms with Crippen molar-refractivity contribution in [3.8, 4) is 22.8 Å². The summed E-state index contributed by atoms with van der Waals surface area (Å²) in [6.07, 6.45) is 0. The molecule has 2 heterocycles. The van der Waals surface area contributed by atoms with Gasteiger partial charge in [0, 0.05) is 12.1 Å². The van der Waals surface area contributed by atoms with Crippen LogP contribution in [0.3, 0.4) is 0 Å². The molecular formula is C12H11N3O2. The van der Waals surface area contributed by atoms with Crippen molar-refractivity contribution >= 4 is 0 Å². The van der Waals surface area contributed by atoms with Gasteiger partial charge in [0.1, 0.15) is 0 Å². The highest BCUT2D eigenvalue weighted by Crippen LogP contribution is 2.35. The molecule has 0 bridgehead atoms. The molecule has 5 nitrogen and oxygen atoms in total. The topological polar surface area (TPSA) is 70.3 Å². The third kappa shape index (κ3) is 1.81. The Hall–Kier alpha value is -2.14. The van der Waals surface area contributed by atoms with Crippen LogP contribution in [0.15, 0.2) is 30.3 Å². The second-order valence-electron chi connectivity index (χ2n) is 3.68. The van der Waals surface area contributed by atoms with Crippen LogP contribution in [0.4, 0.5) is 0 Å². The van der Waals surface area contributed by atoms with E-state index in [0.717, 1.165) is 28.5 Å². The van der Waals surface area contributed by atoms with Gasteiger partial charge in [-0.05, 0) is 30.3 Å². The first-order valence-corrected chi connectivity index (χ1v) is 5.29. The number of hydrogen-bond acceptors (Lipinski definition) is 5. The first-order chi connectivity index (χ1) is 8.36. The largest absolute Gasteiger partial charge is 0.454 e. The van der Waals surface area contributed by atoms with Crippen LogP contribution in [0.25, 0.3) is 11.3 Å². The van der Waals surface area contributed by atoms with Gasteiger partial charge in [-0.3, -0.25) is 0 Å². The van der Waals surface area contributed by atoms with Gasteiger partial charge in [-0.2, -0.15) is 10.2 Å². The van der Waals surface area contributed by atoms with Gasteiger partial charge in [-0.1, -0.05) is 0 Å². The lowest BCUT2D eigenvalue weighted by Crippen LogP contribution is -2.01. The van der Waals surface area contributed by atoms with E-state index in [0.29, 0.717) is 6.54 Å². The van der Waals surface area contributed by atoms with Gasteiger partial charge in [0.2, 0.25) is 6.79 Å². The number of rotatable bonds is 2. The molecule has 3 rings (SSSR count). The Morgan fingerprint density at radius 2 is 1.94 bits per heavy atom. The minimum Gasteiger partial charge on any atom is -0.454 e. The van der Waals surface area contributed by atoms with E-state index in [4.69, 9.17) is 15.2 Å². The van der Waals surface area contributed by atoms with Gasteiger partial charge in [-0.15, -0.1) is 0 Å². The van der Waals surface area contributed by atoms with Crippen molar-refractivity contribution in [3.63, 3.8) is 0 Å². The zero-order chi connectivity index (χ0) is 11.7. The van der Waals surface area contributed by atoms with Crippen LogP contribution < -0.4 is 15.2 Å². The first kappa shape index (κ1) is 10.0. The fraction of sp³-hybridized carbons (Fsp3) is 0.167. The van der Waals surface area contributed by atoms with Gasteiger partial charge in [-0.25, -0.2) is 0 Å². The molecule has 0 radical (unpaired) electrons. The third-order valence-corrected chi connectivity index (χ3v) is 2.60. The maximum absolute atomic E-state index is 5.47. The molecule has 0 saturated heterocycles.